The van der Waals surface area contributed by atoms with Crippen molar-refractivity contribution in [2.75, 3.05) is 20.2 Å². The Bertz CT molecular complexity index is 1410. The van der Waals surface area contributed by atoms with Crippen molar-refractivity contribution < 1.29 is 33.3 Å². The third-order valence-corrected chi connectivity index (χ3v) is 7.49. The molecule has 2 heterocycles. The zero-order chi connectivity index (χ0) is 30.4. The topological polar surface area (TPSA) is 92.0 Å². The number of amides is 1. The maximum Gasteiger partial charge on any atom is 0.308 e. The molecule has 1 aliphatic rings. The van der Waals surface area contributed by atoms with Gasteiger partial charge >= 0.3 is 5.97 Å². The lowest BCUT2D eigenvalue weighted by Crippen LogP contribution is -2.37. The van der Waals surface area contributed by atoms with E-state index in [1.807, 2.05) is 23.3 Å². The predicted octanol–water partition coefficient (Wildman–Crippen LogP) is 6.00. The average molecular weight is 581 g/mol. The third kappa shape index (κ3) is 7.14. The first-order valence-corrected chi connectivity index (χ1v) is 14.3. The molecule has 2 N–H and O–H groups in total. The van der Waals surface area contributed by atoms with E-state index < -0.39 is 29.8 Å². The van der Waals surface area contributed by atoms with E-state index in [2.05, 4.69) is 4.74 Å². The summed E-state index contributed by atoms with van der Waals surface area (Å²) in [5.41, 5.74) is 3.51. The Morgan fingerprint density at radius 1 is 0.905 bits per heavy atom. The molecule has 1 fully saturated rings. The summed E-state index contributed by atoms with van der Waals surface area (Å²) in [5.74, 6) is -1.57. The van der Waals surface area contributed by atoms with Gasteiger partial charge in [-0.05, 0) is 74.6 Å². The van der Waals surface area contributed by atoms with Crippen molar-refractivity contribution in [2.45, 2.75) is 64.2 Å². The summed E-state index contributed by atoms with van der Waals surface area (Å²) >= 11 is 0. The molecule has 0 saturated carbocycles. The Balaban J connectivity index is 1.94. The fourth-order valence-corrected chi connectivity index (χ4v) is 5.49. The number of methoxy groups -OCH3 is 1. The number of halogens is 2. The van der Waals surface area contributed by atoms with Gasteiger partial charge in [-0.1, -0.05) is 30.3 Å². The molecule has 0 spiro atoms. The van der Waals surface area contributed by atoms with Gasteiger partial charge in [-0.15, -0.1) is 0 Å². The van der Waals surface area contributed by atoms with E-state index in [1.165, 1.54) is 37.5 Å². The number of likely N-dealkylation sites (tertiary alicyclic amines) is 1. The van der Waals surface area contributed by atoms with E-state index in [4.69, 9.17) is 0 Å². The van der Waals surface area contributed by atoms with Gasteiger partial charge in [0.25, 0.3) is 5.91 Å². The number of rotatable bonds is 10. The van der Waals surface area contributed by atoms with E-state index in [9.17, 15) is 28.6 Å². The Morgan fingerprint density at radius 3 is 1.98 bits per heavy atom. The van der Waals surface area contributed by atoms with Crippen LogP contribution in [0.1, 0.15) is 68.2 Å². The molecule has 3 aromatic rings. The normalized spacial score (nSPS) is 15.3. The standard InChI is InChI=1S/C33H38F2N2O5/c1-21(2)37-28(16-15-26(38)19-27(39)20-29(40)42-3)30(22-7-11-24(34)12-8-22)31(23-9-13-25(35)14-10-23)32(37)33(41)36-17-5-4-6-18-36/h7-16,21,26-27,38-39H,4-6,17-20H2,1-3H3/t26-,27-/m1/s1. The molecular formula is C33H38F2N2O5. The number of piperidine rings is 1. The molecule has 0 unspecified atom stereocenters. The first kappa shape index (κ1) is 31.1. The van der Waals surface area contributed by atoms with E-state index in [-0.39, 0.29) is 24.8 Å². The van der Waals surface area contributed by atoms with Crippen LogP contribution in [0.15, 0.2) is 54.6 Å². The maximum absolute atomic E-state index is 14.3. The van der Waals surface area contributed by atoms with Gasteiger partial charge in [0, 0.05) is 42.4 Å². The van der Waals surface area contributed by atoms with Gasteiger partial charge in [0.05, 0.1) is 25.7 Å². The summed E-state index contributed by atoms with van der Waals surface area (Å²) in [6.07, 6.45) is 3.45. The van der Waals surface area contributed by atoms with Gasteiger partial charge in [-0.25, -0.2) is 8.78 Å². The summed E-state index contributed by atoms with van der Waals surface area (Å²) in [7, 11) is 1.23. The molecule has 9 heteroatoms. The molecule has 224 valence electrons. The highest BCUT2D eigenvalue weighted by atomic mass is 19.1. The van der Waals surface area contributed by atoms with Crippen LogP contribution in [0.4, 0.5) is 8.78 Å². The van der Waals surface area contributed by atoms with Gasteiger partial charge in [-0.2, -0.15) is 0 Å². The van der Waals surface area contributed by atoms with Crippen LogP contribution in [0.3, 0.4) is 0 Å². The lowest BCUT2D eigenvalue weighted by Gasteiger charge is -2.28. The molecule has 2 atom stereocenters. The zero-order valence-electron chi connectivity index (χ0n) is 24.2. The van der Waals surface area contributed by atoms with Crippen molar-refractivity contribution in [1.82, 2.24) is 9.47 Å². The second kappa shape index (κ2) is 13.9. The lowest BCUT2D eigenvalue weighted by molar-refractivity contribution is -0.143. The largest absolute Gasteiger partial charge is 0.469 e. The molecule has 0 aliphatic carbocycles. The van der Waals surface area contributed by atoms with Crippen LogP contribution < -0.4 is 0 Å². The maximum atomic E-state index is 14.3. The SMILES string of the molecule is COC(=O)C[C@H](O)C[C@H](O)C=Cc1c(-c2ccc(F)cc2)c(-c2ccc(F)cc2)c(C(=O)N2CCCCC2)n1C(C)C. The zero-order valence-corrected chi connectivity index (χ0v) is 24.2. The highest BCUT2D eigenvalue weighted by Crippen LogP contribution is 2.43. The van der Waals surface area contributed by atoms with Crippen molar-refractivity contribution in [3.63, 3.8) is 0 Å². The number of benzene rings is 2. The first-order chi connectivity index (χ1) is 20.1. The molecule has 1 saturated heterocycles. The lowest BCUT2D eigenvalue weighted by atomic mass is 9.94. The second-order valence-electron chi connectivity index (χ2n) is 10.9. The smallest absolute Gasteiger partial charge is 0.308 e. The molecular weight excluding hydrogens is 542 g/mol. The average Bonchev–Trinajstić information content (AvgIpc) is 3.32. The van der Waals surface area contributed by atoms with Crippen LogP contribution in [0.5, 0.6) is 0 Å². The van der Waals surface area contributed by atoms with Gasteiger partial charge in [0.15, 0.2) is 0 Å². The molecule has 4 rings (SSSR count). The molecule has 1 amide bonds. The molecule has 2 aromatic carbocycles. The highest BCUT2D eigenvalue weighted by molar-refractivity contribution is 6.06. The van der Waals surface area contributed by atoms with Crippen molar-refractivity contribution in [3.8, 4) is 22.3 Å². The van der Waals surface area contributed by atoms with Crippen molar-refractivity contribution in [2.24, 2.45) is 0 Å². The van der Waals surface area contributed by atoms with Gasteiger partial charge in [0.2, 0.25) is 0 Å². The minimum absolute atomic E-state index is 0.107. The number of nitrogens with zero attached hydrogens (tertiary/aromatic N) is 2. The van der Waals surface area contributed by atoms with Crippen LogP contribution in [-0.4, -0.2) is 64.0 Å². The van der Waals surface area contributed by atoms with E-state index in [0.29, 0.717) is 46.7 Å². The number of hydrogen-bond donors (Lipinski definition) is 2. The van der Waals surface area contributed by atoms with Crippen LogP contribution in [0, 0.1) is 11.6 Å². The van der Waals surface area contributed by atoms with Crippen LogP contribution in [-0.2, 0) is 9.53 Å². The number of aromatic nitrogens is 1. The van der Waals surface area contributed by atoms with Crippen LogP contribution in [0.2, 0.25) is 0 Å². The Kier molecular flexibility index (Phi) is 10.3. The van der Waals surface area contributed by atoms with Gasteiger partial charge in [0.1, 0.15) is 17.3 Å². The monoisotopic (exact) mass is 580 g/mol. The third-order valence-electron chi connectivity index (χ3n) is 7.49. The molecule has 42 heavy (non-hydrogen) atoms. The number of aliphatic hydroxyl groups excluding tert-OH is 2. The minimum Gasteiger partial charge on any atom is -0.469 e. The number of ether oxygens (including phenoxy) is 1. The van der Waals surface area contributed by atoms with Crippen molar-refractivity contribution in [3.05, 3.63) is 77.6 Å². The summed E-state index contributed by atoms with van der Waals surface area (Å²) in [6.45, 7) is 5.14. The number of carbonyl (C=O) groups is 2. The predicted molar refractivity (Wildman–Crippen MR) is 158 cm³/mol. The molecule has 0 bridgehead atoms. The number of carbonyl (C=O) groups excluding carboxylic acids is 2. The van der Waals surface area contributed by atoms with Crippen LogP contribution >= 0.6 is 0 Å². The minimum atomic E-state index is -1.11. The fourth-order valence-electron chi connectivity index (χ4n) is 5.49. The van der Waals surface area contributed by atoms with Crippen molar-refractivity contribution >= 4 is 18.0 Å². The molecule has 0 radical (unpaired) electrons. The van der Waals surface area contributed by atoms with E-state index >= 15 is 0 Å². The molecule has 1 aromatic heterocycles. The highest BCUT2D eigenvalue weighted by Gasteiger charge is 2.32. The number of esters is 1. The van der Waals surface area contributed by atoms with Crippen molar-refractivity contribution in [1.29, 1.82) is 0 Å². The second-order valence-corrected chi connectivity index (χ2v) is 10.9. The summed E-state index contributed by atoms with van der Waals surface area (Å²) in [6, 6.07) is 11.7. The Morgan fingerprint density at radius 2 is 1.45 bits per heavy atom. The van der Waals surface area contributed by atoms with Crippen LogP contribution in [0.25, 0.3) is 28.3 Å². The quantitative estimate of drug-likeness (QED) is 0.287. The first-order valence-electron chi connectivity index (χ1n) is 14.3. The van der Waals surface area contributed by atoms with E-state index in [0.717, 1.165) is 19.3 Å². The number of hydrogen-bond acceptors (Lipinski definition) is 5. The Hall–Kier alpha value is -3.82. The molecule has 1 aliphatic heterocycles. The number of aliphatic hydroxyl groups is 2. The fraction of sp³-hybridized carbons (Fsp3) is 0.394. The summed E-state index contributed by atoms with van der Waals surface area (Å²) in [5, 5.41) is 21.0. The van der Waals surface area contributed by atoms with Gasteiger partial charge < -0.3 is 24.4 Å². The summed E-state index contributed by atoms with van der Waals surface area (Å²) < 4.78 is 34.6. The summed E-state index contributed by atoms with van der Waals surface area (Å²) in [4.78, 5) is 27.7. The Labute approximate surface area is 245 Å². The van der Waals surface area contributed by atoms with Gasteiger partial charge in [-0.3, -0.25) is 9.59 Å². The molecule has 7 nitrogen and oxygen atoms in total. The van der Waals surface area contributed by atoms with E-state index in [1.54, 1.807) is 30.3 Å².